The Balaban J connectivity index is 0. The molecule has 72 valence electrons. The highest BCUT2D eigenvalue weighted by Crippen LogP contribution is 1.95. The molecule has 0 N–H and O–H groups in total. The zero-order chi connectivity index (χ0) is 10.1. The van der Waals surface area contributed by atoms with Crippen LogP contribution in [0.3, 0.4) is 0 Å². The van der Waals surface area contributed by atoms with Gasteiger partial charge in [-0.25, -0.2) is 4.98 Å². The lowest BCUT2D eigenvalue weighted by atomic mass is 10.6. The molecule has 0 saturated carbocycles. The van der Waals surface area contributed by atoms with Crippen molar-refractivity contribution < 1.29 is 0 Å². The summed E-state index contributed by atoms with van der Waals surface area (Å²) < 4.78 is 2.01. The van der Waals surface area contributed by atoms with Gasteiger partial charge in [0.1, 0.15) is 5.82 Å². The van der Waals surface area contributed by atoms with Crippen molar-refractivity contribution in [2.45, 2.75) is 41.5 Å². The molecule has 0 aliphatic heterocycles. The minimum atomic E-state index is 1.07. The van der Waals surface area contributed by atoms with Gasteiger partial charge in [-0.1, -0.05) is 27.7 Å². The smallest absolute Gasteiger partial charge is 0.105 e. The topological polar surface area (TPSA) is 17.8 Å². The first-order valence-electron chi connectivity index (χ1n) is 4.66. The first kappa shape index (κ1) is 13.8. The van der Waals surface area contributed by atoms with Crippen LogP contribution >= 0.6 is 0 Å². The highest BCUT2D eigenvalue weighted by Gasteiger charge is 1.91. The summed E-state index contributed by atoms with van der Waals surface area (Å²) in [5, 5.41) is 0. The molecule has 0 bridgehead atoms. The molecule has 2 heteroatoms. The van der Waals surface area contributed by atoms with Gasteiger partial charge in [0.25, 0.3) is 0 Å². The lowest BCUT2D eigenvalue weighted by Crippen LogP contribution is -1.86. The van der Waals surface area contributed by atoms with Gasteiger partial charge in [0, 0.05) is 13.2 Å². The van der Waals surface area contributed by atoms with Crippen molar-refractivity contribution in [3.05, 3.63) is 17.7 Å². The van der Waals surface area contributed by atoms with Gasteiger partial charge in [-0.05, 0) is 13.8 Å². The lowest BCUT2D eigenvalue weighted by molar-refractivity contribution is 0.858. The molecule has 12 heavy (non-hydrogen) atoms. The highest BCUT2D eigenvalue weighted by atomic mass is 15.0. The fourth-order valence-electron chi connectivity index (χ4n) is 0.737. The minimum Gasteiger partial charge on any atom is -0.338 e. The number of imidazole rings is 1. The number of nitrogens with zero attached hydrogens (tertiary/aromatic N) is 2. The van der Waals surface area contributed by atoms with Crippen LogP contribution in [0.2, 0.25) is 0 Å². The highest BCUT2D eigenvalue weighted by molar-refractivity contribution is 4.98. The van der Waals surface area contributed by atoms with Crippen LogP contribution in [0.4, 0.5) is 0 Å². The molecule has 0 radical (unpaired) electrons. The van der Waals surface area contributed by atoms with Gasteiger partial charge in [-0.2, -0.15) is 0 Å². The normalized spacial score (nSPS) is 7.58. The Morgan fingerprint density at radius 1 is 1.08 bits per heavy atom. The van der Waals surface area contributed by atoms with E-state index in [-0.39, 0.29) is 0 Å². The number of aryl methyl sites for hydroxylation is 3. The van der Waals surface area contributed by atoms with Gasteiger partial charge < -0.3 is 4.57 Å². The maximum absolute atomic E-state index is 4.17. The minimum absolute atomic E-state index is 1.07. The van der Waals surface area contributed by atoms with E-state index in [4.69, 9.17) is 0 Å². The van der Waals surface area contributed by atoms with Crippen LogP contribution in [0.5, 0.6) is 0 Å². The predicted octanol–water partition coefficient (Wildman–Crippen LogP) is 3.09. The summed E-state index contributed by atoms with van der Waals surface area (Å²) >= 11 is 0. The fourth-order valence-corrected chi connectivity index (χ4v) is 0.737. The average molecular weight is 170 g/mol. The predicted molar refractivity (Wildman–Crippen MR) is 55.4 cm³/mol. The van der Waals surface area contributed by atoms with Crippen molar-refractivity contribution in [2.24, 2.45) is 7.05 Å². The molecular formula is C10H22N2. The number of hydrogen-bond donors (Lipinski definition) is 0. The van der Waals surface area contributed by atoms with E-state index in [9.17, 15) is 0 Å². The summed E-state index contributed by atoms with van der Waals surface area (Å²) in [5.74, 6) is 1.07. The summed E-state index contributed by atoms with van der Waals surface area (Å²) in [6.07, 6.45) is 2.01. The quantitative estimate of drug-likeness (QED) is 0.585. The maximum Gasteiger partial charge on any atom is 0.105 e. The molecule has 1 rings (SSSR count). The van der Waals surface area contributed by atoms with Crippen molar-refractivity contribution >= 4 is 0 Å². The first-order valence-corrected chi connectivity index (χ1v) is 4.66. The van der Waals surface area contributed by atoms with Crippen LogP contribution in [-0.2, 0) is 7.05 Å². The summed E-state index contributed by atoms with van der Waals surface area (Å²) in [6, 6.07) is 0. The molecule has 0 spiro atoms. The van der Waals surface area contributed by atoms with E-state index in [1.54, 1.807) is 0 Å². The number of rotatable bonds is 0. The van der Waals surface area contributed by atoms with Crippen molar-refractivity contribution in [3.8, 4) is 0 Å². The Morgan fingerprint density at radius 2 is 1.50 bits per heavy atom. The third-order valence-electron chi connectivity index (χ3n) is 1.23. The van der Waals surface area contributed by atoms with Crippen LogP contribution < -0.4 is 0 Å². The molecule has 0 saturated heterocycles. The summed E-state index contributed by atoms with van der Waals surface area (Å²) in [6.45, 7) is 12.0. The van der Waals surface area contributed by atoms with E-state index in [1.807, 2.05) is 59.4 Å². The van der Waals surface area contributed by atoms with Gasteiger partial charge in [-0.3, -0.25) is 0 Å². The van der Waals surface area contributed by atoms with Gasteiger partial charge in [-0.15, -0.1) is 0 Å². The zero-order valence-electron chi connectivity index (χ0n) is 9.47. The second-order valence-corrected chi connectivity index (χ2v) is 2.04. The van der Waals surface area contributed by atoms with Gasteiger partial charge in [0.05, 0.1) is 5.69 Å². The average Bonchev–Trinajstić information content (AvgIpc) is 2.37. The molecule has 1 aromatic rings. The second-order valence-electron chi connectivity index (χ2n) is 2.04. The van der Waals surface area contributed by atoms with Crippen LogP contribution in [0.1, 0.15) is 39.2 Å². The van der Waals surface area contributed by atoms with Gasteiger partial charge in [0.15, 0.2) is 0 Å². The first-order chi connectivity index (χ1) is 5.70. The lowest BCUT2D eigenvalue weighted by Gasteiger charge is -1.87. The van der Waals surface area contributed by atoms with Crippen molar-refractivity contribution in [2.75, 3.05) is 0 Å². The SMILES string of the molecule is CC.CC.Cc1cn(C)c(C)n1. The van der Waals surface area contributed by atoms with E-state index >= 15 is 0 Å². The van der Waals surface area contributed by atoms with Crippen LogP contribution in [0.15, 0.2) is 6.20 Å². The van der Waals surface area contributed by atoms with E-state index in [0.717, 1.165) is 11.5 Å². The van der Waals surface area contributed by atoms with Crippen molar-refractivity contribution in [1.82, 2.24) is 9.55 Å². The zero-order valence-corrected chi connectivity index (χ0v) is 9.47. The van der Waals surface area contributed by atoms with Crippen molar-refractivity contribution in [1.29, 1.82) is 0 Å². The number of hydrogen-bond acceptors (Lipinski definition) is 1. The largest absolute Gasteiger partial charge is 0.338 e. The Labute approximate surface area is 76.6 Å². The summed E-state index contributed by atoms with van der Waals surface area (Å²) in [7, 11) is 2.00. The van der Waals surface area contributed by atoms with Crippen LogP contribution in [0.25, 0.3) is 0 Å². The van der Waals surface area contributed by atoms with E-state index < -0.39 is 0 Å². The monoisotopic (exact) mass is 170 g/mol. The van der Waals surface area contributed by atoms with Gasteiger partial charge >= 0.3 is 0 Å². The third-order valence-corrected chi connectivity index (χ3v) is 1.23. The summed E-state index contributed by atoms with van der Waals surface area (Å²) in [4.78, 5) is 4.17. The molecular weight excluding hydrogens is 148 g/mol. The second kappa shape index (κ2) is 8.31. The van der Waals surface area contributed by atoms with E-state index in [1.165, 1.54) is 0 Å². The fraction of sp³-hybridized carbons (Fsp3) is 0.700. The molecule has 0 amide bonds. The van der Waals surface area contributed by atoms with E-state index in [0.29, 0.717) is 0 Å². The summed E-state index contributed by atoms with van der Waals surface area (Å²) in [5.41, 5.74) is 1.09. The Bertz CT molecular complexity index is 170. The number of aromatic nitrogens is 2. The molecule has 2 nitrogen and oxygen atoms in total. The molecule has 0 unspecified atom stereocenters. The molecule has 1 aromatic heterocycles. The van der Waals surface area contributed by atoms with Crippen LogP contribution in [-0.4, -0.2) is 9.55 Å². The molecule has 1 heterocycles. The molecule has 0 atom stereocenters. The van der Waals surface area contributed by atoms with Gasteiger partial charge in [0.2, 0.25) is 0 Å². The molecule has 0 fully saturated rings. The Kier molecular flexibility index (Phi) is 9.54. The van der Waals surface area contributed by atoms with Crippen molar-refractivity contribution in [3.63, 3.8) is 0 Å². The molecule has 0 aliphatic carbocycles. The maximum atomic E-state index is 4.17. The molecule has 0 aliphatic rings. The van der Waals surface area contributed by atoms with E-state index in [2.05, 4.69) is 4.98 Å². The van der Waals surface area contributed by atoms with Crippen LogP contribution in [0, 0.1) is 13.8 Å². The third kappa shape index (κ3) is 4.94. The molecule has 0 aromatic carbocycles. The Morgan fingerprint density at radius 3 is 1.58 bits per heavy atom. The standard InChI is InChI=1S/C6H10N2.2C2H6/c1-5-4-8(3)6(2)7-5;2*1-2/h4H,1-3H3;2*1-2H3. The Hall–Kier alpha value is -0.790.